The minimum absolute atomic E-state index is 0.107. The number of carbonyl (C=O) groups excluding carboxylic acids is 1. The van der Waals surface area contributed by atoms with Crippen LogP contribution in [-0.2, 0) is 6.42 Å². The number of benzene rings is 1. The second-order valence-electron chi connectivity index (χ2n) is 3.93. The molecule has 0 saturated carbocycles. The molecule has 0 aliphatic heterocycles. The third kappa shape index (κ3) is 3.73. The van der Waals surface area contributed by atoms with E-state index in [4.69, 9.17) is 33.2 Å². The van der Waals surface area contributed by atoms with Gasteiger partial charge < -0.3 is 4.74 Å². The molecule has 20 heavy (non-hydrogen) atoms. The van der Waals surface area contributed by atoms with Gasteiger partial charge in [-0.3, -0.25) is 4.79 Å². The molecule has 2 aromatic rings. The van der Waals surface area contributed by atoms with Crippen LogP contribution in [-0.4, -0.2) is 12.4 Å². The number of nitriles is 1. The summed E-state index contributed by atoms with van der Waals surface area (Å²) in [6.07, 6.45) is 0.349. The van der Waals surface area contributed by atoms with Gasteiger partial charge in [0, 0.05) is 0 Å². The summed E-state index contributed by atoms with van der Waals surface area (Å²) in [4.78, 5) is 11.9. The zero-order chi connectivity index (χ0) is 14.5. The summed E-state index contributed by atoms with van der Waals surface area (Å²) in [6.45, 7) is -0.107. The highest BCUT2D eigenvalue weighted by Crippen LogP contribution is 2.31. The number of halogens is 2. The van der Waals surface area contributed by atoms with Gasteiger partial charge in [-0.1, -0.05) is 35.3 Å². The Balaban J connectivity index is 1.96. The lowest BCUT2D eigenvalue weighted by Crippen LogP contribution is -2.11. The van der Waals surface area contributed by atoms with E-state index in [2.05, 4.69) is 6.07 Å². The van der Waals surface area contributed by atoms with Crippen LogP contribution in [0.1, 0.15) is 15.9 Å². The molecule has 1 heterocycles. The smallest absolute Gasteiger partial charge is 0.202 e. The van der Waals surface area contributed by atoms with Gasteiger partial charge in [-0.05, 0) is 23.8 Å². The average molecular weight is 326 g/mol. The van der Waals surface area contributed by atoms with Crippen molar-refractivity contribution in [2.24, 2.45) is 0 Å². The molecule has 6 heteroatoms. The molecule has 1 aromatic heterocycles. The molecule has 3 nitrogen and oxygen atoms in total. The molecule has 0 amide bonds. The number of ether oxygens (including phenoxy) is 1. The lowest BCUT2D eigenvalue weighted by atomic mass is 10.2. The van der Waals surface area contributed by atoms with E-state index in [-0.39, 0.29) is 12.4 Å². The summed E-state index contributed by atoms with van der Waals surface area (Å²) >= 11 is 12.8. The van der Waals surface area contributed by atoms with E-state index >= 15 is 0 Å². The Labute approximate surface area is 130 Å². The van der Waals surface area contributed by atoms with Crippen molar-refractivity contribution in [3.8, 4) is 11.8 Å². The second-order valence-corrected chi connectivity index (χ2v) is 6.21. The van der Waals surface area contributed by atoms with Crippen LogP contribution in [0.4, 0.5) is 0 Å². The number of hydrogen-bond donors (Lipinski definition) is 0. The van der Waals surface area contributed by atoms with E-state index in [1.165, 1.54) is 6.07 Å². The molecule has 0 atom stereocenters. The van der Waals surface area contributed by atoms with E-state index in [0.717, 1.165) is 16.9 Å². The van der Waals surface area contributed by atoms with Gasteiger partial charge in [-0.15, -0.1) is 11.3 Å². The topological polar surface area (TPSA) is 50.1 Å². The average Bonchev–Trinajstić information content (AvgIpc) is 2.77. The van der Waals surface area contributed by atoms with Crippen LogP contribution in [0.2, 0.25) is 8.67 Å². The van der Waals surface area contributed by atoms with Gasteiger partial charge in [-0.25, -0.2) is 0 Å². The molecule has 0 radical (unpaired) electrons. The van der Waals surface area contributed by atoms with Crippen LogP contribution in [0.25, 0.3) is 0 Å². The fraction of sp³-hybridized carbons (Fsp3) is 0.143. The summed E-state index contributed by atoms with van der Waals surface area (Å²) in [5.41, 5.74) is 1.28. The van der Waals surface area contributed by atoms with Gasteiger partial charge in [0.25, 0.3) is 0 Å². The molecule has 0 aliphatic carbocycles. The number of nitrogens with zero attached hydrogens (tertiary/aromatic N) is 1. The minimum Gasteiger partial charge on any atom is -0.485 e. The molecule has 0 fully saturated rings. The first-order valence-corrected chi connectivity index (χ1v) is 7.24. The highest BCUT2D eigenvalue weighted by atomic mass is 35.5. The van der Waals surface area contributed by atoms with Crippen LogP contribution in [0.5, 0.6) is 5.75 Å². The summed E-state index contributed by atoms with van der Waals surface area (Å²) in [5.74, 6) is 0.344. The number of carbonyl (C=O) groups is 1. The molecule has 102 valence electrons. The van der Waals surface area contributed by atoms with Gasteiger partial charge >= 0.3 is 0 Å². The number of ketones is 1. The zero-order valence-corrected chi connectivity index (χ0v) is 12.6. The normalized spacial score (nSPS) is 10.1. The molecule has 0 unspecified atom stereocenters. The van der Waals surface area contributed by atoms with Crippen LogP contribution in [0.3, 0.4) is 0 Å². The number of thiophene rings is 1. The van der Waals surface area contributed by atoms with E-state index in [9.17, 15) is 4.79 Å². The van der Waals surface area contributed by atoms with Gasteiger partial charge in [-0.2, -0.15) is 5.26 Å². The van der Waals surface area contributed by atoms with Crippen LogP contribution >= 0.6 is 34.5 Å². The zero-order valence-electron chi connectivity index (χ0n) is 10.2. The predicted octanol–water partition coefficient (Wildman–Crippen LogP) is 4.38. The fourth-order valence-electron chi connectivity index (χ4n) is 1.55. The van der Waals surface area contributed by atoms with Crippen molar-refractivity contribution in [2.45, 2.75) is 6.42 Å². The number of rotatable bonds is 5. The fourth-order valence-corrected chi connectivity index (χ4v) is 3.05. The highest BCUT2D eigenvalue weighted by molar-refractivity contribution is 7.20. The first kappa shape index (κ1) is 14.9. The second kappa shape index (κ2) is 6.76. The highest BCUT2D eigenvalue weighted by Gasteiger charge is 2.14. The maximum absolute atomic E-state index is 11.9. The number of hydrogen-bond acceptors (Lipinski definition) is 4. The van der Waals surface area contributed by atoms with Gasteiger partial charge in [0.15, 0.2) is 6.61 Å². The largest absolute Gasteiger partial charge is 0.485 e. The van der Waals surface area contributed by atoms with E-state index in [0.29, 0.717) is 26.4 Å². The van der Waals surface area contributed by atoms with E-state index in [1.807, 2.05) is 0 Å². The molecule has 0 N–H and O–H groups in total. The third-order valence-electron chi connectivity index (χ3n) is 2.53. The Hall–Kier alpha value is -1.54. The van der Waals surface area contributed by atoms with Crippen LogP contribution in [0, 0.1) is 11.3 Å². The quantitative estimate of drug-likeness (QED) is 0.766. The van der Waals surface area contributed by atoms with E-state index in [1.54, 1.807) is 24.3 Å². The molecule has 0 saturated heterocycles. The molecular formula is C14H9Cl2NO2S. The maximum Gasteiger partial charge on any atom is 0.202 e. The van der Waals surface area contributed by atoms with Gasteiger partial charge in [0.05, 0.1) is 22.4 Å². The predicted molar refractivity (Wildman–Crippen MR) is 79.9 cm³/mol. The molecule has 0 spiro atoms. The first-order chi connectivity index (χ1) is 9.60. The Kier molecular flexibility index (Phi) is 5.02. The lowest BCUT2D eigenvalue weighted by molar-refractivity contribution is 0.0922. The van der Waals surface area contributed by atoms with Crippen LogP contribution in [0.15, 0.2) is 30.3 Å². The molecule has 2 rings (SSSR count). The van der Waals surface area contributed by atoms with Crippen molar-refractivity contribution < 1.29 is 9.53 Å². The van der Waals surface area contributed by atoms with Crippen molar-refractivity contribution >= 4 is 40.3 Å². The Morgan fingerprint density at radius 3 is 2.55 bits per heavy atom. The third-order valence-corrected chi connectivity index (χ3v) is 4.02. The maximum atomic E-state index is 11.9. The lowest BCUT2D eigenvalue weighted by Gasteiger charge is -2.05. The standard InChI is InChI=1S/C14H9Cl2NO2S/c15-13-7-11(14(16)20-13)12(18)8-19-10-3-1-9(2-4-10)5-6-17/h1-4,7H,5,8H2. The Morgan fingerprint density at radius 2 is 2.00 bits per heavy atom. The van der Waals surface area contributed by atoms with Gasteiger partial charge in [0.1, 0.15) is 10.1 Å². The van der Waals surface area contributed by atoms with Crippen molar-refractivity contribution in [1.82, 2.24) is 0 Å². The minimum atomic E-state index is -0.223. The van der Waals surface area contributed by atoms with Crippen molar-refractivity contribution in [3.63, 3.8) is 0 Å². The number of Topliss-reactive ketones (excluding diaryl/α,β-unsaturated/α-hetero) is 1. The SMILES string of the molecule is N#CCc1ccc(OCC(=O)c2cc(Cl)sc2Cl)cc1. The molecule has 1 aromatic carbocycles. The summed E-state index contributed by atoms with van der Waals surface area (Å²) < 4.78 is 6.23. The van der Waals surface area contributed by atoms with Crippen molar-refractivity contribution in [1.29, 1.82) is 5.26 Å². The first-order valence-electron chi connectivity index (χ1n) is 5.67. The molecule has 0 aliphatic rings. The monoisotopic (exact) mass is 325 g/mol. The Bertz CT molecular complexity index is 659. The molecular weight excluding hydrogens is 317 g/mol. The Morgan fingerprint density at radius 1 is 1.30 bits per heavy atom. The van der Waals surface area contributed by atoms with E-state index < -0.39 is 0 Å². The van der Waals surface area contributed by atoms with Gasteiger partial charge in [0.2, 0.25) is 5.78 Å². The molecule has 0 bridgehead atoms. The van der Waals surface area contributed by atoms with Crippen molar-refractivity contribution in [3.05, 3.63) is 50.1 Å². The summed E-state index contributed by atoms with van der Waals surface area (Å²) in [7, 11) is 0. The van der Waals surface area contributed by atoms with Crippen molar-refractivity contribution in [2.75, 3.05) is 6.61 Å². The summed E-state index contributed by atoms with van der Waals surface area (Å²) in [5, 5.41) is 8.57. The summed E-state index contributed by atoms with van der Waals surface area (Å²) in [6, 6.07) is 10.6. The van der Waals surface area contributed by atoms with Crippen LogP contribution < -0.4 is 4.74 Å².